The molecular formula is C24H12F5NO3. The molecular weight excluding hydrogens is 445 g/mol. The van der Waals surface area contributed by atoms with E-state index < -0.39 is 46.5 Å². The van der Waals surface area contributed by atoms with E-state index in [0.29, 0.717) is 0 Å². The van der Waals surface area contributed by atoms with E-state index >= 15 is 0 Å². The molecule has 1 atom stereocenters. The first-order chi connectivity index (χ1) is 15.7. The van der Waals surface area contributed by atoms with Crippen molar-refractivity contribution in [2.75, 3.05) is 4.90 Å². The molecule has 9 heteroatoms. The summed E-state index contributed by atoms with van der Waals surface area (Å²) in [6.45, 7) is 0. The van der Waals surface area contributed by atoms with Gasteiger partial charge in [-0.15, -0.1) is 0 Å². The number of carbonyl (C=O) groups excluding carboxylic acids is 1. The van der Waals surface area contributed by atoms with Crippen LogP contribution in [-0.4, -0.2) is 5.91 Å². The highest BCUT2D eigenvalue weighted by atomic mass is 19.4. The predicted octanol–water partition coefficient (Wildman–Crippen LogP) is 5.84. The largest absolute Gasteiger partial charge is 0.450 e. The van der Waals surface area contributed by atoms with Gasteiger partial charge in [0.05, 0.1) is 22.6 Å². The van der Waals surface area contributed by atoms with Crippen molar-refractivity contribution >= 4 is 22.6 Å². The number of amides is 1. The lowest BCUT2D eigenvalue weighted by Gasteiger charge is -2.26. The number of halogens is 5. The van der Waals surface area contributed by atoms with Crippen molar-refractivity contribution in [3.05, 3.63) is 111 Å². The maximum absolute atomic E-state index is 14.8. The summed E-state index contributed by atoms with van der Waals surface area (Å²) >= 11 is 0. The maximum atomic E-state index is 14.8. The first kappa shape index (κ1) is 20.9. The molecule has 0 fully saturated rings. The minimum absolute atomic E-state index is 0.0772. The summed E-state index contributed by atoms with van der Waals surface area (Å²) in [6, 6.07) is 10.9. The van der Waals surface area contributed by atoms with Crippen LogP contribution in [0.1, 0.15) is 33.3 Å². The minimum atomic E-state index is -4.70. The minimum Gasteiger partial charge on any atom is -0.450 e. The molecule has 2 heterocycles. The van der Waals surface area contributed by atoms with E-state index in [1.807, 2.05) is 0 Å². The highest BCUT2D eigenvalue weighted by Crippen LogP contribution is 2.43. The Kier molecular flexibility index (Phi) is 4.59. The number of nitrogens with zero attached hydrogens (tertiary/aromatic N) is 1. The Morgan fingerprint density at radius 2 is 1.64 bits per heavy atom. The lowest BCUT2D eigenvalue weighted by molar-refractivity contribution is -0.137. The zero-order valence-corrected chi connectivity index (χ0v) is 16.5. The molecule has 0 bridgehead atoms. The molecule has 3 aromatic carbocycles. The fraction of sp³-hybridized carbons (Fsp3) is 0.0833. The monoisotopic (exact) mass is 457 g/mol. The lowest BCUT2D eigenvalue weighted by Crippen LogP contribution is -2.30. The summed E-state index contributed by atoms with van der Waals surface area (Å²) in [4.78, 5) is 27.5. The number of carbonyl (C=O) groups is 1. The summed E-state index contributed by atoms with van der Waals surface area (Å²) in [5, 5.41) is -0.172. The highest BCUT2D eigenvalue weighted by Gasteiger charge is 2.45. The Morgan fingerprint density at radius 1 is 0.879 bits per heavy atom. The van der Waals surface area contributed by atoms with E-state index in [-0.39, 0.29) is 27.8 Å². The van der Waals surface area contributed by atoms with Gasteiger partial charge in [0.2, 0.25) is 5.76 Å². The average Bonchev–Trinajstić information content (AvgIpc) is 3.06. The van der Waals surface area contributed by atoms with E-state index in [1.54, 1.807) is 0 Å². The van der Waals surface area contributed by atoms with Gasteiger partial charge in [0.1, 0.15) is 17.2 Å². The van der Waals surface area contributed by atoms with Gasteiger partial charge in [-0.2, -0.15) is 13.2 Å². The number of anilines is 1. The van der Waals surface area contributed by atoms with E-state index in [9.17, 15) is 31.5 Å². The molecule has 4 nitrogen and oxygen atoms in total. The Hall–Kier alpha value is -4.01. The van der Waals surface area contributed by atoms with Gasteiger partial charge >= 0.3 is 6.18 Å². The highest BCUT2D eigenvalue weighted by molar-refractivity contribution is 6.10. The van der Waals surface area contributed by atoms with Gasteiger partial charge in [-0.3, -0.25) is 14.5 Å². The third-order valence-electron chi connectivity index (χ3n) is 5.48. The molecule has 0 N–H and O–H groups in total. The summed E-state index contributed by atoms with van der Waals surface area (Å²) in [5.74, 6) is -2.86. The van der Waals surface area contributed by atoms with Crippen molar-refractivity contribution in [3.8, 4) is 0 Å². The molecule has 0 radical (unpaired) electrons. The van der Waals surface area contributed by atoms with Crippen LogP contribution in [0.3, 0.4) is 0 Å². The third-order valence-corrected chi connectivity index (χ3v) is 5.48. The molecule has 0 saturated heterocycles. The van der Waals surface area contributed by atoms with E-state index in [1.165, 1.54) is 30.3 Å². The number of alkyl halides is 3. The summed E-state index contributed by atoms with van der Waals surface area (Å²) in [6.07, 6.45) is -4.70. The summed E-state index contributed by atoms with van der Waals surface area (Å²) < 4.78 is 74.2. The van der Waals surface area contributed by atoms with Crippen LogP contribution in [0.25, 0.3) is 11.0 Å². The maximum Gasteiger partial charge on any atom is 0.416 e. The molecule has 4 aromatic rings. The number of hydrogen-bond acceptors (Lipinski definition) is 3. The zero-order chi connectivity index (χ0) is 23.5. The number of fused-ring (bicyclic) bond motifs is 2. The second kappa shape index (κ2) is 7.26. The Labute approximate surface area is 182 Å². The van der Waals surface area contributed by atoms with Crippen molar-refractivity contribution in [3.63, 3.8) is 0 Å². The SMILES string of the molecule is O=C1c2oc3ccc(F)cc3c(=O)c2C(c2ccccc2F)N1c1cccc(C(F)(F)F)c1. The van der Waals surface area contributed by atoms with Crippen molar-refractivity contribution in [2.24, 2.45) is 0 Å². The normalized spacial score (nSPS) is 15.8. The third kappa shape index (κ3) is 3.27. The van der Waals surface area contributed by atoms with Crippen LogP contribution < -0.4 is 10.3 Å². The smallest absolute Gasteiger partial charge is 0.416 e. The average molecular weight is 457 g/mol. The first-order valence-electron chi connectivity index (χ1n) is 9.68. The molecule has 1 aliphatic heterocycles. The fourth-order valence-electron chi connectivity index (χ4n) is 4.03. The van der Waals surface area contributed by atoms with Crippen LogP contribution >= 0.6 is 0 Å². The molecule has 0 saturated carbocycles. The van der Waals surface area contributed by atoms with Crippen molar-refractivity contribution in [1.29, 1.82) is 0 Å². The van der Waals surface area contributed by atoms with E-state index in [2.05, 4.69) is 0 Å². The number of rotatable bonds is 2. The van der Waals surface area contributed by atoms with Gasteiger partial charge in [-0.1, -0.05) is 24.3 Å². The fourth-order valence-corrected chi connectivity index (χ4v) is 4.03. The van der Waals surface area contributed by atoms with Crippen LogP contribution in [0, 0.1) is 11.6 Å². The first-order valence-corrected chi connectivity index (χ1v) is 9.68. The van der Waals surface area contributed by atoms with Crippen LogP contribution in [0.2, 0.25) is 0 Å². The van der Waals surface area contributed by atoms with Gasteiger partial charge in [0, 0.05) is 11.3 Å². The van der Waals surface area contributed by atoms with Gasteiger partial charge in [0.25, 0.3) is 5.91 Å². The summed E-state index contributed by atoms with van der Waals surface area (Å²) in [7, 11) is 0. The van der Waals surface area contributed by atoms with E-state index in [4.69, 9.17) is 4.42 Å². The Morgan fingerprint density at radius 3 is 2.36 bits per heavy atom. The second-order valence-electron chi connectivity index (χ2n) is 7.46. The number of benzene rings is 3. The van der Waals surface area contributed by atoms with E-state index in [0.717, 1.165) is 41.3 Å². The topological polar surface area (TPSA) is 50.5 Å². The second-order valence-corrected chi connectivity index (χ2v) is 7.46. The lowest BCUT2D eigenvalue weighted by atomic mass is 9.97. The zero-order valence-electron chi connectivity index (χ0n) is 16.5. The molecule has 1 aromatic heterocycles. The van der Waals surface area contributed by atoms with Gasteiger partial charge in [-0.25, -0.2) is 8.78 Å². The van der Waals surface area contributed by atoms with Crippen LogP contribution in [0.15, 0.2) is 75.9 Å². The quantitative estimate of drug-likeness (QED) is 0.356. The predicted molar refractivity (Wildman–Crippen MR) is 109 cm³/mol. The molecule has 166 valence electrons. The molecule has 1 amide bonds. The molecule has 0 spiro atoms. The standard InChI is InChI=1S/C24H12F5NO3/c25-13-8-9-18-16(11-13)21(31)19-20(15-6-1-2-7-17(15)26)30(23(32)22(19)33-18)14-5-3-4-12(10-14)24(27,28)29/h1-11,20H. The molecule has 33 heavy (non-hydrogen) atoms. The molecule has 1 aliphatic rings. The van der Waals surface area contributed by atoms with Crippen molar-refractivity contribution < 1.29 is 31.2 Å². The Balaban J connectivity index is 1.82. The van der Waals surface area contributed by atoms with Crippen molar-refractivity contribution in [2.45, 2.75) is 12.2 Å². The number of hydrogen-bond donors (Lipinski definition) is 0. The van der Waals surface area contributed by atoms with Gasteiger partial charge in [0.15, 0.2) is 5.43 Å². The molecule has 1 unspecified atom stereocenters. The summed E-state index contributed by atoms with van der Waals surface area (Å²) in [5.41, 5.74) is -2.48. The Bertz CT molecular complexity index is 1490. The van der Waals surface area contributed by atoms with Crippen LogP contribution in [-0.2, 0) is 6.18 Å². The molecule has 5 rings (SSSR count). The van der Waals surface area contributed by atoms with Crippen LogP contribution in [0.5, 0.6) is 0 Å². The molecule has 0 aliphatic carbocycles. The van der Waals surface area contributed by atoms with Gasteiger partial charge < -0.3 is 4.42 Å². The van der Waals surface area contributed by atoms with Crippen LogP contribution in [0.4, 0.5) is 27.6 Å². The van der Waals surface area contributed by atoms with Gasteiger partial charge in [-0.05, 0) is 42.5 Å². The van der Waals surface area contributed by atoms with Crippen molar-refractivity contribution in [1.82, 2.24) is 0 Å².